The molecule has 2 unspecified atom stereocenters. The van der Waals surface area contributed by atoms with Crippen molar-refractivity contribution in [3.8, 4) is 5.75 Å². The number of carbonyl (C=O) groups excluding carboxylic acids is 1. The molecule has 1 aromatic carbocycles. The SMILES string of the molecule is COc1ccc2c(c1)C(CC(=O)NCc1ccco1)=C(C)/C2=C/C1=CC(OC)C(O)C(F)=C1. The topological polar surface area (TPSA) is 80.9 Å². The minimum Gasteiger partial charge on any atom is -0.497 e. The Balaban J connectivity index is 1.67. The Morgan fingerprint density at radius 1 is 1.27 bits per heavy atom. The van der Waals surface area contributed by atoms with Crippen molar-refractivity contribution in [2.75, 3.05) is 14.2 Å². The van der Waals surface area contributed by atoms with E-state index in [1.807, 2.05) is 31.2 Å². The van der Waals surface area contributed by atoms with E-state index in [0.717, 1.165) is 27.8 Å². The third kappa shape index (κ3) is 4.69. The molecule has 172 valence electrons. The number of methoxy groups -OCH3 is 2. The fraction of sp³-hybridized carbons (Fsp3) is 0.269. The zero-order valence-corrected chi connectivity index (χ0v) is 18.7. The standard InChI is InChI=1S/C26H26FNO5/c1-15-20(9-16-10-23(27)26(30)24(11-16)32-3)19-7-6-17(31-2)12-22(19)21(15)13-25(29)28-14-18-5-4-8-33-18/h4-12,24,26,30H,13-14H2,1-3H3,(H,28,29)/b20-9-. The van der Waals surface area contributed by atoms with Crippen LogP contribution in [0.2, 0.25) is 0 Å². The van der Waals surface area contributed by atoms with E-state index in [4.69, 9.17) is 13.9 Å². The molecule has 0 saturated carbocycles. The smallest absolute Gasteiger partial charge is 0.224 e. The maximum Gasteiger partial charge on any atom is 0.224 e. The predicted molar refractivity (Wildman–Crippen MR) is 123 cm³/mol. The first-order chi connectivity index (χ1) is 15.9. The van der Waals surface area contributed by atoms with Crippen molar-refractivity contribution >= 4 is 17.1 Å². The first-order valence-corrected chi connectivity index (χ1v) is 10.6. The number of benzene rings is 1. The molecular weight excluding hydrogens is 425 g/mol. The van der Waals surface area contributed by atoms with Crippen LogP contribution < -0.4 is 10.1 Å². The van der Waals surface area contributed by atoms with E-state index in [1.54, 1.807) is 31.6 Å². The highest BCUT2D eigenvalue weighted by Crippen LogP contribution is 2.45. The second-order valence-electron chi connectivity index (χ2n) is 7.95. The number of amides is 1. The minimum atomic E-state index is -1.32. The van der Waals surface area contributed by atoms with Gasteiger partial charge in [0.15, 0.2) is 0 Å². The highest BCUT2D eigenvalue weighted by Gasteiger charge is 2.28. The van der Waals surface area contributed by atoms with E-state index in [0.29, 0.717) is 23.6 Å². The van der Waals surface area contributed by atoms with Crippen LogP contribution in [-0.2, 0) is 16.1 Å². The number of fused-ring (bicyclic) bond motifs is 1. The van der Waals surface area contributed by atoms with E-state index in [9.17, 15) is 14.3 Å². The number of furan rings is 1. The molecule has 0 fully saturated rings. The number of ether oxygens (including phenoxy) is 2. The Kier molecular flexibility index (Phi) is 6.62. The van der Waals surface area contributed by atoms with Crippen LogP contribution in [0.3, 0.4) is 0 Å². The molecule has 0 radical (unpaired) electrons. The third-order valence-corrected chi connectivity index (χ3v) is 5.91. The average Bonchev–Trinajstić information content (AvgIpc) is 3.42. The quantitative estimate of drug-likeness (QED) is 0.655. The van der Waals surface area contributed by atoms with Crippen molar-refractivity contribution in [2.45, 2.75) is 32.1 Å². The number of allylic oxidation sites excluding steroid dienone is 5. The Morgan fingerprint density at radius 2 is 2.09 bits per heavy atom. The number of halogens is 1. The van der Waals surface area contributed by atoms with Crippen molar-refractivity contribution in [3.63, 3.8) is 0 Å². The van der Waals surface area contributed by atoms with Crippen molar-refractivity contribution in [3.05, 3.63) is 88.7 Å². The molecule has 1 heterocycles. The van der Waals surface area contributed by atoms with Crippen LogP contribution in [0.15, 0.2) is 76.2 Å². The zero-order chi connectivity index (χ0) is 23.5. The monoisotopic (exact) mass is 451 g/mol. The van der Waals surface area contributed by atoms with Crippen LogP contribution >= 0.6 is 0 Å². The summed E-state index contributed by atoms with van der Waals surface area (Å²) in [5, 5.41) is 12.8. The second-order valence-corrected chi connectivity index (χ2v) is 7.95. The summed E-state index contributed by atoms with van der Waals surface area (Å²) in [4.78, 5) is 12.7. The summed E-state index contributed by atoms with van der Waals surface area (Å²) in [6, 6.07) is 9.27. The Morgan fingerprint density at radius 3 is 2.79 bits per heavy atom. The Hall–Kier alpha value is -3.42. The van der Waals surface area contributed by atoms with Gasteiger partial charge in [-0.1, -0.05) is 6.07 Å². The predicted octanol–water partition coefficient (Wildman–Crippen LogP) is 4.33. The number of aliphatic hydroxyl groups excluding tert-OH is 1. The molecule has 0 bridgehead atoms. The van der Waals surface area contributed by atoms with Crippen LogP contribution in [0, 0.1) is 0 Å². The van der Waals surface area contributed by atoms with Gasteiger partial charge in [-0.25, -0.2) is 4.39 Å². The highest BCUT2D eigenvalue weighted by atomic mass is 19.1. The summed E-state index contributed by atoms with van der Waals surface area (Å²) < 4.78 is 30.1. The molecule has 2 aromatic rings. The average molecular weight is 451 g/mol. The number of hydrogen-bond acceptors (Lipinski definition) is 5. The maximum atomic E-state index is 14.3. The molecule has 2 N–H and O–H groups in total. The van der Waals surface area contributed by atoms with Gasteiger partial charge in [-0.2, -0.15) is 0 Å². The molecule has 1 aromatic heterocycles. The highest BCUT2D eigenvalue weighted by molar-refractivity contribution is 6.05. The molecule has 0 saturated heterocycles. The van der Waals surface area contributed by atoms with Gasteiger partial charge in [0, 0.05) is 7.11 Å². The molecule has 4 rings (SSSR count). The summed E-state index contributed by atoms with van der Waals surface area (Å²) in [6.07, 6.45) is 4.49. The van der Waals surface area contributed by atoms with E-state index < -0.39 is 18.0 Å². The fourth-order valence-corrected chi connectivity index (χ4v) is 4.12. The lowest BCUT2D eigenvalue weighted by Gasteiger charge is -2.21. The number of nitrogens with one attached hydrogen (secondary N) is 1. The van der Waals surface area contributed by atoms with Crippen LogP contribution in [-0.4, -0.2) is 37.4 Å². The van der Waals surface area contributed by atoms with Crippen molar-refractivity contribution in [1.82, 2.24) is 5.32 Å². The third-order valence-electron chi connectivity index (χ3n) is 5.91. The Bertz CT molecular complexity index is 1170. The van der Waals surface area contributed by atoms with Gasteiger partial charge in [0.1, 0.15) is 29.5 Å². The molecule has 2 aliphatic rings. The van der Waals surface area contributed by atoms with Gasteiger partial charge >= 0.3 is 0 Å². The van der Waals surface area contributed by atoms with Crippen LogP contribution in [0.5, 0.6) is 5.75 Å². The molecule has 7 heteroatoms. The largest absolute Gasteiger partial charge is 0.497 e. The van der Waals surface area contributed by atoms with Gasteiger partial charge in [0.25, 0.3) is 0 Å². The van der Waals surface area contributed by atoms with Crippen molar-refractivity contribution in [1.29, 1.82) is 0 Å². The molecular formula is C26H26FNO5. The number of rotatable bonds is 7. The van der Waals surface area contributed by atoms with E-state index >= 15 is 0 Å². The lowest BCUT2D eigenvalue weighted by atomic mass is 9.96. The number of carbonyl (C=O) groups is 1. The molecule has 33 heavy (non-hydrogen) atoms. The van der Waals surface area contributed by atoms with Crippen LogP contribution in [0.25, 0.3) is 11.1 Å². The number of aliphatic hydroxyl groups is 1. The normalized spacial score (nSPS) is 21.1. The molecule has 2 aliphatic carbocycles. The van der Waals surface area contributed by atoms with Crippen LogP contribution in [0.4, 0.5) is 4.39 Å². The van der Waals surface area contributed by atoms with E-state index in [2.05, 4.69) is 5.32 Å². The fourth-order valence-electron chi connectivity index (χ4n) is 4.12. The Labute approximate surface area is 191 Å². The summed E-state index contributed by atoms with van der Waals surface area (Å²) >= 11 is 0. The second kappa shape index (κ2) is 9.60. The molecule has 0 spiro atoms. The van der Waals surface area contributed by atoms with Crippen molar-refractivity contribution in [2.24, 2.45) is 0 Å². The summed E-state index contributed by atoms with van der Waals surface area (Å²) in [6.45, 7) is 2.25. The minimum absolute atomic E-state index is 0.138. The van der Waals surface area contributed by atoms with Gasteiger partial charge in [-0.05, 0) is 82.8 Å². The maximum absolute atomic E-state index is 14.3. The zero-order valence-electron chi connectivity index (χ0n) is 18.7. The van der Waals surface area contributed by atoms with Gasteiger partial charge in [-0.15, -0.1) is 0 Å². The lowest BCUT2D eigenvalue weighted by molar-refractivity contribution is -0.120. The summed E-state index contributed by atoms with van der Waals surface area (Å²) in [7, 11) is 3.02. The summed E-state index contributed by atoms with van der Waals surface area (Å²) in [5.74, 6) is 0.572. The molecule has 1 amide bonds. The van der Waals surface area contributed by atoms with Gasteiger partial charge in [-0.3, -0.25) is 4.79 Å². The van der Waals surface area contributed by atoms with E-state index in [-0.39, 0.29) is 12.3 Å². The first-order valence-electron chi connectivity index (χ1n) is 10.6. The molecule has 0 aliphatic heterocycles. The lowest BCUT2D eigenvalue weighted by Crippen LogP contribution is -2.29. The molecule has 2 atom stereocenters. The molecule has 6 nitrogen and oxygen atoms in total. The summed E-state index contributed by atoms with van der Waals surface area (Å²) in [5.41, 5.74) is 5.08. The first kappa shape index (κ1) is 22.8. The van der Waals surface area contributed by atoms with Gasteiger partial charge < -0.3 is 24.3 Å². The number of hydrogen-bond donors (Lipinski definition) is 2. The van der Waals surface area contributed by atoms with E-state index in [1.165, 1.54) is 13.2 Å². The van der Waals surface area contributed by atoms with Gasteiger partial charge in [0.2, 0.25) is 5.91 Å². The van der Waals surface area contributed by atoms with Crippen LogP contribution in [0.1, 0.15) is 30.2 Å². The van der Waals surface area contributed by atoms with Crippen molar-refractivity contribution < 1.29 is 28.2 Å². The van der Waals surface area contributed by atoms with Gasteiger partial charge in [0.05, 0.1) is 26.3 Å².